The summed E-state index contributed by atoms with van der Waals surface area (Å²) in [5, 5.41) is 5.12. The summed E-state index contributed by atoms with van der Waals surface area (Å²) in [6, 6.07) is 7.42. The molecule has 0 aliphatic heterocycles. The second kappa shape index (κ2) is 6.65. The van der Waals surface area contributed by atoms with Crippen molar-refractivity contribution < 1.29 is 9.59 Å². The first-order valence-corrected chi connectivity index (χ1v) is 8.26. The molecule has 24 heavy (non-hydrogen) atoms. The van der Waals surface area contributed by atoms with Gasteiger partial charge in [-0.1, -0.05) is 23.7 Å². The van der Waals surface area contributed by atoms with Gasteiger partial charge >= 0.3 is 0 Å². The van der Waals surface area contributed by atoms with Crippen LogP contribution in [0.15, 0.2) is 24.3 Å². The molecule has 0 atom stereocenters. The first kappa shape index (κ1) is 16.5. The third-order valence-corrected chi connectivity index (χ3v) is 4.52. The van der Waals surface area contributed by atoms with Crippen LogP contribution in [-0.2, 0) is 17.6 Å². The fourth-order valence-corrected chi connectivity index (χ4v) is 3.30. The quantitative estimate of drug-likeness (QED) is 0.918. The molecule has 1 aromatic carbocycles. The van der Waals surface area contributed by atoms with Gasteiger partial charge in [0.1, 0.15) is 0 Å². The number of hydrogen-bond acceptors (Lipinski definition) is 3. The summed E-state index contributed by atoms with van der Waals surface area (Å²) in [5.41, 5.74) is 8.29. The molecule has 126 valence electrons. The Hall–Kier alpha value is -2.34. The Morgan fingerprint density at radius 2 is 2.00 bits per heavy atom. The molecule has 0 fully saturated rings. The Bertz CT molecular complexity index is 800. The van der Waals surface area contributed by atoms with Crippen molar-refractivity contribution in [2.24, 2.45) is 5.73 Å². The minimum Gasteiger partial charge on any atom is -0.368 e. The van der Waals surface area contributed by atoms with E-state index in [1.807, 2.05) is 18.2 Å². The maximum Gasteiger partial charge on any atom is 0.274 e. The minimum absolute atomic E-state index is 0.132. The number of halogens is 1. The number of fused-ring (bicyclic) bond motifs is 1. The van der Waals surface area contributed by atoms with Crippen molar-refractivity contribution in [1.82, 2.24) is 14.7 Å². The molecule has 6 nitrogen and oxygen atoms in total. The highest BCUT2D eigenvalue weighted by Gasteiger charge is 2.28. The summed E-state index contributed by atoms with van der Waals surface area (Å²) in [6.45, 7) is -0.132. The van der Waals surface area contributed by atoms with Crippen molar-refractivity contribution in [3.8, 4) is 5.69 Å². The van der Waals surface area contributed by atoms with Crippen LogP contribution in [-0.4, -0.2) is 40.1 Å². The van der Waals surface area contributed by atoms with Gasteiger partial charge in [0.25, 0.3) is 5.91 Å². The number of para-hydroxylation sites is 1. The van der Waals surface area contributed by atoms with Crippen LogP contribution in [0.1, 0.15) is 34.6 Å². The number of rotatable bonds is 4. The smallest absolute Gasteiger partial charge is 0.274 e. The molecule has 0 radical (unpaired) electrons. The van der Waals surface area contributed by atoms with Gasteiger partial charge in [-0.15, -0.1) is 0 Å². The fourth-order valence-electron chi connectivity index (χ4n) is 3.08. The van der Waals surface area contributed by atoms with E-state index in [2.05, 4.69) is 5.10 Å². The molecule has 0 spiro atoms. The summed E-state index contributed by atoms with van der Waals surface area (Å²) in [6.07, 6.45) is 3.71. The summed E-state index contributed by atoms with van der Waals surface area (Å²) in [5.74, 6) is -0.844. The van der Waals surface area contributed by atoms with Crippen LogP contribution in [0.2, 0.25) is 5.02 Å². The summed E-state index contributed by atoms with van der Waals surface area (Å²) >= 11 is 6.30. The average Bonchev–Trinajstić information content (AvgIpc) is 2.93. The normalized spacial score (nSPS) is 13.4. The van der Waals surface area contributed by atoms with Gasteiger partial charge in [-0.05, 0) is 37.8 Å². The van der Waals surface area contributed by atoms with Crippen molar-refractivity contribution in [3.63, 3.8) is 0 Å². The number of benzene rings is 1. The lowest BCUT2D eigenvalue weighted by Gasteiger charge is -2.16. The molecule has 2 aromatic rings. The van der Waals surface area contributed by atoms with Crippen molar-refractivity contribution in [2.75, 3.05) is 13.6 Å². The number of hydrogen-bond donors (Lipinski definition) is 1. The lowest BCUT2D eigenvalue weighted by molar-refractivity contribution is -0.118. The van der Waals surface area contributed by atoms with Gasteiger partial charge in [0.2, 0.25) is 5.91 Å². The van der Waals surface area contributed by atoms with E-state index < -0.39 is 5.91 Å². The van der Waals surface area contributed by atoms with Crippen molar-refractivity contribution in [1.29, 1.82) is 0 Å². The molecule has 1 aromatic heterocycles. The Morgan fingerprint density at radius 3 is 2.71 bits per heavy atom. The molecule has 0 saturated heterocycles. The number of carbonyl (C=O) groups excluding carboxylic acids is 2. The fraction of sp³-hybridized carbons (Fsp3) is 0.353. The highest BCUT2D eigenvalue weighted by molar-refractivity contribution is 6.32. The van der Waals surface area contributed by atoms with Crippen LogP contribution in [0.3, 0.4) is 0 Å². The van der Waals surface area contributed by atoms with E-state index in [-0.39, 0.29) is 12.5 Å². The second-order valence-corrected chi connectivity index (χ2v) is 6.38. The Morgan fingerprint density at radius 1 is 1.29 bits per heavy atom. The molecule has 2 amide bonds. The lowest BCUT2D eigenvalue weighted by atomic mass is 9.95. The Kier molecular flexibility index (Phi) is 4.57. The number of amides is 2. The summed E-state index contributed by atoms with van der Waals surface area (Å²) in [7, 11) is 1.55. The minimum atomic E-state index is -0.551. The van der Waals surface area contributed by atoms with E-state index in [4.69, 9.17) is 17.3 Å². The maximum atomic E-state index is 12.7. The van der Waals surface area contributed by atoms with Gasteiger partial charge in [-0.3, -0.25) is 9.59 Å². The van der Waals surface area contributed by atoms with Gasteiger partial charge in [0.15, 0.2) is 5.69 Å². The first-order chi connectivity index (χ1) is 11.5. The van der Waals surface area contributed by atoms with Crippen molar-refractivity contribution in [2.45, 2.75) is 25.7 Å². The second-order valence-electron chi connectivity index (χ2n) is 5.97. The topological polar surface area (TPSA) is 81.2 Å². The number of aromatic nitrogens is 2. The molecule has 2 N–H and O–H groups in total. The van der Waals surface area contributed by atoms with Gasteiger partial charge in [-0.25, -0.2) is 4.68 Å². The van der Waals surface area contributed by atoms with Crippen LogP contribution in [0.5, 0.6) is 0 Å². The van der Waals surface area contributed by atoms with E-state index in [1.165, 1.54) is 4.90 Å². The molecular weight excluding hydrogens is 328 g/mol. The summed E-state index contributed by atoms with van der Waals surface area (Å²) < 4.78 is 1.77. The van der Waals surface area contributed by atoms with Gasteiger partial charge in [0, 0.05) is 18.3 Å². The van der Waals surface area contributed by atoms with Crippen LogP contribution >= 0.6 is 11.6 Å². The molecule has 1 aliphatic rings. The molecule has 3 rings (SSSR count). The zero-order valence-corrected chi connectivity index (χ0v) is 14.2. The van der Waals surface area contributed by atoms with E-state index in [0.29, 0.717) is 10.7 Å². The van der Waals surface area contributed by atoms with Crippen LogP contribution < -0.4 is 5.73 Å². The van der Waals surface area contributed by atoms with Crippen LogP contribution in [0.25, 0.3) is 5.69 Å². The zero-order chi connectivity index (χ0) is 17.3. The van der Waals surface area contributed by atoms with Gasteiger partial charge < -0.3 is 10.6 Å². The van der Waals surface area contributed by atoms with Crippen LogP contribution in [0.4, 0.5) is 0 Å². The predicted octanol–water partition coefficient (Wildman–Crippen LogP) is 1.96. The van der Waals surface area contributed by atoms with Gasteiger partial charge in [0.05, 0.1) is 17.3 Å². The lowest BCUT2D eigenvalue weighted by Crippen LogP contribution is -2.36. The van der Waals surface area contributed by atoms with Crippen molar-refractivity contribution >= 4 is 23.4 Å². The third kappa shape index (κ3) is 3.01. The number of likely N-dealkylation sites (N-methyl/N-ethyl adjacent to an activating group) is 1. The van der Waals surface area contributed by atoms with Crippen molar-refractivity contribution in [3.05, 3.63) is 46.2 Å². The molecule has 0 saturated carbocycles. The largest absolute Gasteiger partial charge is 0.368 e. The van der Waals surface area contributed by atoms with Crippen LogP contribution in [0, 0.1) is 0 Å². The summed E-state index contributed by atoms with van der Waals surface area (Å²) in [4.78, 5) is 25.1. The number of nitrogens with two attached hydrogens (primary N) is 1. The molecule has 0 unspecified atom stereocenters. The third-order valence-electron chi connectivity index (χ3n) is 4.20. The predicted molar refractivity (Wildman–Crippen MR) is 91.4 cm³/mol. The highest BCUT2D eigenvalue weighted by Crippen LogP contribution is 2.30. The zero-order valence-electron chi connectivity index (χ0n) is 13.5. The highest BCUT2D eigenvalue weighted by atomic mass is 35.5. The van der Waals surface area contributed by atoms with E-state index in [9.17, 15) is 9.59 Å². The Labute approximate surface area is 145 Å². The van der Waals surface area contributed by atoms with Gasteiger partial charge in [-0.2, -0.15) is 5.10 Å². The maximum absolute atomic E-state index is 12.7. The molecule has 1 heterocycles. The molecular formula is C17H19ClN4O2. The Balaban J connectivity index is 2.07. The first-order valence-electron chi connectivity index (χ1n) is 7.88. The SMILES string of the molecule is CN(CC(N)=O)C(=O)c1nn(-c2ccccc2Cl)c2c1CCCC2. The number of nitrogens with zero attached hydrogens (tertiary/aromatic N) is 3. The average molecular weight is 347 g/mol. The van der Waals surface area contributed by atoms with E-state index >= 15 is 0 Å². The monoisotopic (exact) mass is 346 g/mol. The molecule has 7 heteroatoms. The molecule has 1 aliphatic carbocycles. The molecule has 0 bridgehead atoms. The van der Waals surface area contributed by atoms with E-state index in [0.717, 1.165) is 42.6 Å². The number of primary amides is 1. The number of carbonyl (C=O) groups is 2. The van der Waals surface area contributed by atoms with E-state index in [1.54, 1.807) is 17.8 Å². The standard InChI is InChI=1S/C17H19ClN4O2/c1-21(10-15(19)23)17(24)16-11-6-2-4-8-13(11)22(20-16)14-9-5-3-7-12(14)18/h3,5,7,9H,2,4,6,8,10H2,1H3,(H2,19,23).